The Labute approximate surface area is 180 Å². The number of aryl methyl sites for hydroxylation is 2. The van der Waals surface area contributed by atoms with Gasteiger partial charge < -0.3 is 0 Å². The summed E-state index contributed by atoms with van der Waals surface area (Å²) in [4.78, 5) is 24.2. The lowest BCUT2D eigenvalue weighted by Crippen LogP contribution is -2.24. The molecule has 0 saturated heterocycles. The van der Waals surface area contributed by atoms with Crippen molar-refractivity contribution in [2.45, 2.75) is 31.3 Å². The molecule has 0 bridgehead atoms. The predicted molar refractivity (Wildman–Crippen MR) is 118 cm³/mol. The minimum absolute atomic E-state index is 0.107. The van der Waals surface area contributed by atoms with E-state index in [-0.39, 0.29) is 17.1 Å². The number of thioether (sulfide) groups is 1. The highest BCUT2D eigenvalue weighted by molar-refractivity contribution is 7.98. The van der Waals surface area contributed by atoms with E-state index in [0.717, 1.165) is 16.1 Å². The van der Waals surface area contributed by atoms with E-state index in [1.165, 1.54) is 29.2 Å². The average Bonchev–Trinajstić information content (AvgIpc) is 2.99. The number of aromatic nitrogens is 3. The van der Waals surface area contributed by atoms with Crippen LogP contribution in [0.2, 0.25) is 5.02 Å². The Morgan fingerprint density at radius 1 is 1.21 bits per heavy atom. The summed E-state index contributed by atoms with van der Waals surface area (Å²) in [6, 6.07) is 10.2. The standard InChI is InChI=1S/C21H17ClFN3OS2/c1-12-13(2)29-19-18(12)20(27)26(10-14-6-3-4-9-24-14)21(25-19)28-11-15-16(22)7-5-8-17(15)23/h3-9H,10-11H2,1-2H3. The molecule has 0 aliphatic heterocycles. The van der Waals surface area contributed by atoms with E-state index >= 15 is 0 Å². The van der Waals surface area contributed by atoms with Gasteiger partial charge in [-0.15, -0.1) is 11.3 Å². The van der Waals surface area contributed by atoms with Gasteiger partial charge >= 0.3 is 0 Å². The highest BCUT2D eigenvalue weighted by Gasteiger charge is 2.18. The highest BCUT2D eigenvalue weighted by atomic mass is 35.5. The lowest BCUT2D eigenvalue weighted by molar-refractivity contribution is 0.616. The second-order valence-electron chi connectivity index (χ2n) is 6.56. The Bertz CT molecular complexity index is 1230. The molecule has 0 saturated carbocycles. The summed E-state index contributed by atoms with van der Waals surface area (Å²) in [7, 11) is 0. The first kappa shape index (κ1) is 20.1. The van der Waals surface area contributed by atoms with Crippen molar-refractivity contribution < 1.29 is 4.39 Å². The monoisotopic (exact) mass is 445 g/mol. The first-order chi connectivity index (χ1) is 14.0. The summed E-state index contributed by atoms with van der Waals surface area (Å²) in [5.41, 5.74) is 2.00. The van der Waals surface area contributed by atoms with E-state index in [4.69, 9.17) is 16.6 Å². The zero-order valence-electron chi connectivity index (χ0n) is 15.8. The van der Waals surface area contributed by atoms with Crippen LogP contribution in [0.5, 0.6) is 0 Å². The molecule has 1 aromatic carbocycles. The number of benzene rings is 1. The van der Waals surface area contributed by atoms with Crippen LogP contribution in [0.25, 0.3) is 10.2 Å². The zero-order chi connectivity index (χ0) is 20.5. The molecule has 0 aliphatic carbocycles. The molecule has 0 amide bonds. The summed E-state index contributed by atoms with van der Waals surface area (Å²) in [5.74, 6) is -0.0952. The number of rotatable bonds is 5. The third kappa shape index (κ3) is 3.95. The molecule has 4 rings (SSSR count). The molecule has 0 radical (unpaired) electrons. The Morgan fingerprint density at radius 2 is 2.03 bits per heavy atom. The molecule has 0 aliphatic rings. The molecule has 0 unspecified atom stereocenters. The molecule has 0 fully saturated rings. The van der Waals surface area contributed by atoms with E-state index in [2.05, 4.69) is 4.98 Å². The number of fused-ring (bicyclic) bond motifs is 1. The van der Waals surface area contributed by atoms with Gasteiger partial charge in [0, 0.05) is 27.4 Å². The fourth-order valence-electron chi connectivity index (χ4n) is 3.02. The smallest absolute Gasteiger partial charge is 0.263 e. The van der Waals surface area contributed by atoms with Crippen LogP contribution in [0, 0.1) is 19.7 Å². The molecule has 3 heterocycles. The zero-order valence-corrected chi connectivity index (χ0v) is 18.2. The fourth-order valence-corrected chi connectivity index (χ4v) is 5.43. The van der Waals surface area contributed by atoms with E-state index in [9.17, 15) is 9.18 Å². The van der Waals surface area contributed by atoms with Gasteiger partial charge in [-0.1, -0.05) is 35.5 Å². The van der Waals surface area contributed by atoms with Crippen molar-refractivity contribution in [1.82, 2.24) is 14.5 Å². The van der Waals surface area contributed by atoms with Crippen molar-refractivity contribution in [3.05, 3.63) is 85.5 Å². The molecule has 0 atom stereocenters. The van der Waals surface area contributed by atoms with Crippen LogP contribution in [0.3, 0.4) is 0 Å². The van der Waals surface area contributed by atoms with Gasteiger partial charge in [0.1, 0.15) is 10.6 Å². The molecule has 29 heavy (non-hydrogen) atoms. The summed E-state index contributed by atoms with van der Waals surface area (Å²) in [5, 5.41) is 1.52. The third-order valence-electron chi connectivity index (χ3n) is 4.71. The van der Waals surface area contributed by atoms with Crippen molar-refractivity contribution in [2.24, 2.45) is 0 Å². The van der Waals surface area contributed by atoms with Crippen molar-refractivity contribution in [1.29, 1.82) is 0 Å². The molecule has 0 N–H and O–H groups in total. The minimum atomic E-state index is -0.368. The largest absolute Gasteiger partial charge is 0.281 e. The van der Waals surface area contributed by atoms with E-state index in [1.54, 1.807) is 22.9 Å². The van der Waals surface area contributed by atoms with Crippen LogP contribution < -0.4 is 5.56 Å². The minimum Gasteiger partial charge on any atom is -0.281 e. The molecule has 3 aromatic heterocycles. The van der Waals surface area contributed by atoms with Crippen LogP contribution in [0.4, 0.5) is 4.39 Å². The molecule has 4 nitrogen and oxygen atoms in total. The lowest BCUT2D eigenvalue weighted by Gasteiger charge is -2.12. The molecule has 8 heteroatoms. The number of thiophene rings is 1. The van der Waals surface area contributed by atoms with Gasteiger partial charge in [-0.3, -0.25) is 14.3 Å². The second-order valence-corrected chi connectivity index (χ2v) is 9.11. The Kier molecular flexibility index (Phi) is 5.72. The summed E-state index contributed by atoms with van der Waals surface area (Å²) in [6.45, 7) is 4.22. The van der Waals surface area contributed by atoms with Crippen LogP contribution in [0.15, 0.2) is 52.5 Å². The van der Waals surface area contributed by atoms with Crippen LogP contribution in [0.1, 0.15) is 21.7 Å². The van der Waals surface area contributed by atoms with Gasteiger partial charge in [0.25, 0.3) is 5.56 Å². The average molecular weight is 446 g/mol. The van der Waals surface area contributed by atoms with E-state index in [0.29, 0.717) is 32.5 Å². The van der Waals surface area contributed by atoms with Crippen molar-refractivity contribution >= 4 is 44.9 Å². The van der Waals surface area contributed by atoms with E-state index < -0.39 is 0 Å². The molecular formula is C21H17ClFN3OS2. The topological polar surface area (TPSA) is 47.8 Å². The van der Waals surface area contributed by atoms with Crippen LogP contribution in [-0.4, -0.2) is 14.5 Å². The summed E-state index contributed by atoms with van der Waals surface area (Å²) in [6.07, 6.45) is 1.69. The molecule has 4 aromatic rings. The number of pyridine rings is 1. The molecule has 0 spiro atoms. The Balaban J connectivity index is 1.80. The van der Waals surface area contributed by atoms with Gasteiger partial charge in [-0.25, -0.2) is 9.37 Å². The van der Waals surface area contributed by atoms with Gasteiger partial charge in [0.2, 0.25) is 0 Å². The van der Waals surface area contributed by atoms with Gasteiger partial charge in [0.15, 0.2) is 5.16 Å². The summed E-state index contributed by atoms with van der Waals surface area (Å²) >= 11 is 8.96. The maximum atomic E-state index is 14.2. The first-order valence-electron chi connectivity index (χ1n) is 8.92. The van der Waals surface area contributed by atoms with Crippen molar-refractivity contribution in [3.63, 3.8) is 0 Å². The second kappa shape index (κ2) is 8.26. The number of hydrogen-bond donors (Lipinski definition) is 0. The van der Waals surface area contributed by atoms with Gasteiger partial charge in [-0.2, -0.15) is 0 Å². The Morgan fingerprint density at radius 3 is 2.76 bits per heavy atom. The quantitative estimate of drug-likeness (QED) is 0.296. The third-order valence-corrected chi connectivity index (χ3v) is 7.17. The van der Waals surface area contributed by atoms with Gasteiger partial charge in [-0.05, 0) is 43.7 Å². The lowest BCUT2D eigenvalue weighted by atomic mass is 10.2. The predicted octanol–water partition coefficient (Wildman–Crippen LogP) is 5.60. The normalized spacial score (nSPS) is 11.3. The first-order valence-corrected chi connectivity index (χ1v) is 11.1. The maximum Gasteiger partial charge on any atom is 0.263 e. The molecule has 148 valence electrons. The number of hydrogen-bond acceptors (Lipinski definition) is 5. The van der Waals surface area contributed by atoms with Crippen LogP contribution >= 0.6 is 34.7 Å². The van der Waals surface area contributed by atoms with Gasteiger partial charge in [0.05, 0.1) is 17.6 Å². The number of halogens is 2. The maximum absolute atomic E-state index is 14.2. The Hall–Kier alpha value is -2.22. The van der Waals surface area contributed by atoms with E-state index in [1.807, 2.05) is 32.0 Å². The highest BCUT2D eigenvalue weighted by Crippen LogP contribution is 2.31. The molecular weight excluding hydrogens is 429 g/mol. The number of nitrogens with zero attached hydrogens (tertiary/aromatic N) is 3. The SMILES string of the molecule is Cc1sc2nc(SCc3c(F)cccc3Cl)n(Cc3ccccn3)c(=O)c2c1C. The summed E-state index contributed by atoms with van der Waals surface area (Å²) < 4.78 is 15.8. The van der Waals surface area contributed by atoms with Crippen LogP contribution in [-0.2, 0) is 12.3 Å². The van der Waals surface area contributed by atoms with Crippen molar-refractivity contribution in [2.75, 3.05) is 0 Å². The van der Waals surface area contributed by atoms with Crippen molar-refractivity contribution in [3.8, 4) is 0 Å². The fraction of sp³-hybridized carbons (Fsp3) is 0.190.